The van der Waals surface area contributed by atoms with Gasteiger partial charge in [-0.2, -0.15) is 0 Å². The number of nitrogens with one attached hydrogen (secondary N) is 2. The van der Waals surface area contributed by atoms with Crippen molar-refractivity contribution in [2.24, 2.45) is 11.3 Å². The third kappa shape index (κ3) is 8.98. The molecule has 1 unspecified atom stereocenters. The molecule has 1 spiro atoms. The Morgan fingerprint density at radius 1 is 0.795 bits per heavy atom. The van der Waals surface area contributed by atoms with Gasteiger partial charge in [-0.1, -0.05) is 37.6 Å². The van der Waals surface area contributed by atoms with E-state index in [-0.39, 0.29) is 59.6 Å². The molecule has 2 aromatic carbocycles. The maximum atomic E-state index is 15.3. The van der Waals surface area contributed by atoms with Crippen molar-refractivity contribution in [3.8, 4) is 17.0 Å². The Kier molecular flexibility index (Phi) is 12.6. The van der Waals surface area contributed by atoms with E-state index in [0.717, 1.165) is 115 Å². The number of carbonyl (C=O) groups is 5. The zero-order valence-corrected chi connectivity index (χ0v) is 43.1. The number of fused-ring (bicyclic) bond motifs is 3. The largest absolute Gasteiger partial charge is 0.490 e. The van der Waals surface area contributed by atoms with Crippen molar-refractivity contribution in [2.75, 3.05) is 49.5 Å². The fourth-order valence-corrected chi connectivity index (χ4v) is 13.6. The minimum Gasteiger partial charge on any atom is -0.490 e. The number of aromatic nitrogens is 3. The first kappa shape index (κ1) is 48.1. The normalized spacial score (nSPS) is 27.3. The van der Waals surface area contributed by atoms with Gasteiger partial charge in [-0.05, 0) is 159 Å². The summed E-state index contributed by atoms with van der Waals surface area (Å²) < 4.78 is 8.53. The number of benzene rings is 2. The molecule has 12 rings (SSSR count). The third-order valence-corrected chi connectivity index (χ3v) is 18.5. The van der Waals surface area contributed by atoms with Crippen LogP contribution in [0.1, 0.15) is 153 Å². The van der Waals surface area contributed by atoms with E-state index in [1.54, 1.807) is 0 Å². The lowest BCUT2D eigenvalue weighted by atomic mass is 9.72. The number of ether oxygens (including phenoxy) is 1. The topological polar surface area (TPSA) is 162 Å². The van der Waals surface area contributed by atoms with Gasteiger partial charge in [-0.15, -0.1) is 0 Å². The molecule has 7 heterocycles. The number of hydrogen-bond donors (Lipinski definition) is 2. The van der Waals surface area contributed by atoms with Crippen LogP contribution >= 0.6 is 0 Å². The number of piperidine rings is 4. The van der Waals surface area contributed by atoms with E-state index in [2.05, 4.69) is 70.0 Å². The second-order valence-corrected chi connectivity index (χ2v) is 23.6. The van der Waals surface area contributed by atoms with Crippen LogP contribution in [0.3, 0.4) is 0 Å². The molecule has 5 amide bonds. The molecule has 0 radical (unpaired) electrons. The van der Waals surface area contributed by atoms with Crippen LogP contribution in [0, 0.1) is 11.3 Å². The average Bonchev–Trinajstić information content (AvgIpc) is 4.06. The second kappa shape index (κ2) is 19.1. The molecule has 3 saturated carbocycles. The van der Waals surface area contributed by atoms with Gasteiger partial charge in [0.15, 0.2) is 5.82 Å². The molecule has 386 valence electrons. The molecule has 2 N–H and O–H groups in total. The summed E-state index contributed by atoms with van der Waals surface area (Å²) in [5, 5.41) is 6.14. The number of imidazole rings is 1. The number of hydrogen-bond acceptors (Lipinski definition) is 10. The maximum absolute atomic E-state index is 15.3. The Balaban J connectivity index is 0.691. The summed E-state index contributed by atoms with van der Waals surface area (Å²) >= 11 is 0. The van der Waals surface area contributed by atoms with Crippen LogP contribution in [0.4, 0.5) is 11.5 Å². The van der Waals surface area contributed by atoms with Crippen molar-refractivity contribution in [1.29, 1.82) is 0 Å². The number of rotatable bonds is 11. The van der Waals surface area contributed by atoms with Gasteiger partial charge in [0.1, 0.15) is 11.3 Å². The van der Waals surface area contributed by atoms with Crippen molar-refractivity contribution in [3.63, 3.8) is 0 Å². The molecular weight excluding hydrogens is 919 g/mol. The molecule has 15 nitrogen and oxygen atoms in total. The quantitative estimate of drug-likeness (QED) is 0.140. The minimum absolute atomic E-state index is 0.0157. The molecule has 15 heteroatoms. The highest BCUT2D eigenvalue weighted by Gasteiger charge is 2.56. The van der Waals surface area contributed by atoms with Gasteiger partial charge < -0.3 is 34.2 Å². The maximum Gasteiger partial charge on any atom is 0.238 e. The van der Waals surface area contributed by atoms with Crippen LogP contribution in [0.15, 0.2) is 54.9 Å². The Bertz CT molecular complexity index is 2780. The molecule has 3 aliphatic carbocycles. The van der Waals surface area contributed by atoms with Crippen molar-refractivity contribution in [3.05, 3.63) is 66.0 Å². The fourth-order valence-electron chi connectivity index (χ4n) is 13.6. The van der Waals surface area contributed by atoms with Crippen LogP contribution in [0.5, 0.6) is 5.75 Å². The number of likely N-dealkylation sites (tertiary alicyclic amines) is 3. The van der Waals surface area contributed by atoms with Crippen molar-refractivity contribution >= 4 is 52.1 Å². The molecule has 0 bridgehead atoms. The monoisotopic (exact) mass is 992 g/mol. The van der Waals surface area contributed by atoms with Gasteiger partial charge >= 0.3 is 0 Å². The van der Waals surface area contributed by atoms with Gasteiger partial charge in [-0.25, -0.2) is 9.97 Å². The summed E-state index contributed by atoms with van der Waals surface area (Å²) in [5.41, 5.74) is 5.52. The van der Waals surface area contributed by atoms with Crippen molar-refractivity contribution in [1.82, 2.24) is 34.6 Å². The summed E-state index contributed by atoms with van der Waals surface area (Å²) in [7, 11) is 0. The highest BCUT2D eigenvalue weighted by atomic mass is 16.5. The lowest BCUT2D eigenvalue weighted by Gasteiger charge is -2.48. The molecule has 2 aromatic heterocycles. The van der Waals surface area contributed by atoms with Crippen LogP contribution < -0.4 is 20.3 Å². The van der Waals surface area contributed by atoms with E-state index in [4.69, 9.17) is 14.7 Å². The summed E-state index contributed by atoms with van der Waals surface area (Å²) in [5.74, 6) is 1.31. The van der Waals surface area contributed by atoms with E-state index in [1.807, 2.05) is 40.4 Å². The Morgan fingerprint density at radius 2 is 1.51 bits per heavy atom. The van der Waals surface area contributed by atoms with Gasteiger partial charge in [0.2, 0.25) is 29.5 Å². The molecule has 5 aliphatic heterocycles. The lowest BCUT2D eigenvalue weighted by molar-refractivity contribution is -0.150. The zero-order valence-electron chi connectivity index (χ0n) is 43.1. The fraction of sp³-hybridized carbons (Fsp3) is 0.603. The van der Waals surface area contributed by atoms with Gasteiger partial charge in [0.25, 0.3) is 0 Å². The predicted octanol–water partition coefficient (Wildman–Crippen LogP) is 8.26. The molecule has 1 atom stereocenters. The van der Waals surface area contributed by atoms with Crippen LogP contribution in [-0.4, -0.2) is 122 Å². The first-order valence-electron chi connectivity index (χ1n) is 27.9. The van der Waals surface area contributed by atoms with E-state index in [0.29, 0.717) is 76.8 Å². The lowest BCUT2D eigenvalue weighted by Crippen LogP contribution is -2.59. The number of imide groups is 1. The summed E-state index contributed by atoms with van der Waals surface area (Å²) in [4.78, 5) is 86.7. The first-order chi connectivity index (χ1) is 35.3. The predicted molar refractivity (Wildman–Crippen MR) is 279 cm³/mol. The Morgan fingerprint density at radius 3 is 2.19 bits per heavy atom. The summed E-state index contributed by atoms with van der Waals surface area (Å²) in [6.07, 6.45) is 16.4. The number of pyridine rings is 1. The molecule has 73 heavy (non-hydrogen) atoms. The number of amides is 5. The zero-order chi connectivity index (χ0) is 50.2. The van der Waals surface area contributed by atoms with E-state index in [9.17, 15) is 19.2 Å². The average molecular weight is 992 g/mol. The molecule has 4 saturated heterocycles. The summed E-state index contributed by atoms with van der Waals surface area (Å²) in [6, 6.07) is 17.6. The standard InChI is InChI=1S/C58H73N9O6/c1-36(2)66-35-59-48-34-47(61-52(51(48)66)60-40-12-13-40)39-11-19-46-49(31-39)67(42-32-41(33-42)63-25-5-4-6-26-63)56(72)58(46)23-29-65(30-24-58)55(71)57(3)21-27-64(28-22-57)54(70)38-9-16-44(17-10-38)73-43-14-7-37(8-15-43)45-18-20-50(68)62-53(45)69/h7-8,11,14-15,19,31,34-36,38,40-42,44-45H,4-6,9-10,12-13,16-18,20-30,32-33H2,1-3H3,(H,60,61)(H,62,68,69)/t38-,41-,42+,44-,45?. The molecule has 8 aliphatic rings. The van der Waals surface area contributed by atoms with E-state index in [1.165, 1.54) is 19.3 Å². The van der Waals surface area contributed by atoms with Crippen LogP contribution in [0.25, 0.3) is 22.3 Å². The van der Waals surface area contributed by atoms with Crippen LogP contribution in [-0.2, 0) is 29.4 Å². The van der Waals surface area contributed by atoms with Crippen molar-refractivity contribution < 1.29 is 28.7 Å². The molecular formula is C58H73N9O6. The van der Waals surface area contributed by atoms with Gasteiger partial charge in [0.05, 0.1) is 35.0 Å². The number of nitrogens with zero attached hydrogens (tertiary/aromatic N) is 7. The third-order valence-electron chi connectivity index (χ3n) is 18.5. The van der Waals surface area contributed by atoms with E-state index >= 15 is 4.79 Å². The van der Waals surface area contributed by atoms with Gasteiger partial charge in [0, 0.05) is 79.4 Å². The Labute approximate surface area is 429 Å². The smallest absolute Gasteiger partial charge is 0.238 e. The second-order valence-electron chi connectivity index (χ2n) is 23.6. The highest BCUT2D eigenvalue weighted by molar-refractivity contribution is 6.09. The molecule has 7 fully saturated rings. The first-order valence-corrected chi connectivity index (χ1v) is 27.9. The van der Waals surface area contributed by atoms with E-state index < -0.39 is 10.8 Å². The number of carbonyl (C=O) groups excluding carboxylic acids is 5. The highest BCUT2D eigenvalue weighted by Crippen LogP contribution is 2.53. The van der Waals surface area contributed by atoms with Gasteiger partial charge in [-0.3, -0.25) is 29.3 Å². The summed E-state index contributed by atoms with van der Waals surface area (Å²) in [6.45, 7) is 10.9. The van der Waals surface area contributed by atoms with Crippen molar-refractivity contribution in [2.45, 2.75) is 172 Å². The Hall–Kier alpha value is -5.83. The SMILES string of the molecule is CC(C)n1cnc2cc(-c3ccc4c(c3)N([C@H]3C[C@@H](N5CCCCC5)C3)C(=O)C43CCN(C(=O)C4(C)CCN(C(=O)[C@H]5CC[C@H](Oc6ccc(C7CCC(=O)NC7=O)cc6)CC5)CC4)CC3)nc(NC3CC3)c21. The number of anilines is 2. The molecule has 4 aromatic rings. The minimum atomic E-state index is -0.684. The van der Waals surface area contributed by atoms with Crippen LogP contribution in [0.2, 0.25) is 0 Å².